The summed E-state index contributed by atoms with van der Waals surface area (Å²) in [5.74, 6) is -0.271. The molecule has 0 saturated carbocycles. The highest BCUT2D eigenvalue weighted by Gasteiger charge is 2.14. The highest BCUT2D eigenvalue weighted by Crippen LogP contribution is 2.31. The van der Waals surface area contributed by atoms with E-state index in [1.54, 1.807) is 6.92 Å². The summed E-state index contributed by atoms with van der Waals surface area (Å²) in [4.78, 5) is 10.3. The standard InChI is InChI=1S/C11H12ClFO2/c1-7(3-4-14)8-5-9(12)11(15-2)6-10(8)13/h4-7H,3H2,1-2H3. The molecule has 1 aromatic carbocycles. The molecule has 0 aliphatic carbocycles. The third-order valence-corrected chi connectivity index (χ3v) is 2.55. The molecule has 0 fully saturated rings. The number of hydrogen-bond acceptors (Lipinski definition) is 2. The summed E-state index contributed by atoms with van der Waals surface area (Å²) in [5, 5.41) is 0.353. The lowest BCUT2D eigenvalue weighted by molar-refractivity contribution is -0.108. The van der Waals surface area contributed by atoms with Crippen LogP contribution in [0.15, 0.2) is 12.1 Å². The Morgan fingerprint density at radius 2 is 2.27 bits per heavy atom. The van der Waals surface area contributed by atoms with E-state index in [4.69, 9.17) is 16.3 Å². The SMILES string of the molecule is COc1cc(F)c(C(C)CC=O)cc1Cl. The number of halogens is 2. The summed E-state index contributed by atoms with van der Waals surface area (Å²) in [7, 11) is 1.43. The molecule has 0 spiro atoms. The van der Waals surface area contributed by atoms with Crippen LogP contribution in [0.3, 0.4) is 0 Å². The average molecular weight is 231 g/mol. The van der Waals surface area contributed by atoms with Crippen molar-refractivity contribution in [1.82, 2.24) is 0 Å². The van der Waals surface area contributed by atoms with Crippen LogP contribution >= 0.6 is 11.6 Å². The summed E-state index contributed by atoms with van der Waals surface area (Å²) in [6.45, 7) is 1.77. The lowest BCUT2D eigenvalue weighted by Gasteiger charge is -2.12. The first-order valence-corrected chi connectivity index (χ1v) is 4.94. The van der Waals surface area contributed by atoms with Crippen LogP contribution in [-0.4, -0.2) is 13.4 Å². The van der Waals surface area contributed by atoms with Gasteiger partial charge in [0.05, 0.1) is 12.1 Å². The van der Waals surface area contributed by atoms with Gasteiger partial charge in [0.15, 0.2) is 0 Å². The Balaban J connectivity index is 3.09. The Kier molecular flexibility index (Phi) is 4.09. The first-order chi connectivity index (χ1) is 7.10. The van der Waals surface area contributed by atoms with E-state index in [0.717, 1.165) is 6.29 Å². The fourth-order valence-electron chi connectivity index (χ4n) is 1.35. The molecule has 0 aliphatic rings. The molecule has 1 unspecified atom stereocenters. The summed E-state index contributed by atoms with van der Waals surface area (Å²) in [6.07, 6.45) is 1.04. The van der Waals surface area contributed by atoms with E-state index < -0.39 is 5.82 Å². The number of benzene rings is 1. The number of hydrogen-bond donors (Lipinski definition) is 0. The molecule has 1 aromatic rings. The van der Waals surface area contributed by atoms with E-state index in [0.29, 0.717) is 16.3 Å². The molecule has 0 heterocycles. The van der Waals surface area contributed by atoms with Crippen LogP contribution in [-0.2, 0) is 4.79 Å². The van der Waals surface area contributed by atoms with Crippen molar-refractivity contribution < 1.29 is 13.9 Å². The highest BCUT2D eigenvalue weighted by molar-refractivity contribution is 6.32. The van der Waals surface area contributed by atoms with Gasteiger partial charge in [-0.25, -0.2) is 4.39 Å². The quantitative estimate of drug-likeness (QED) is 0.743. The maximum absolute atomic E-state index is 13.5. The minimum absolute atomic E-state index is 0.175. The van der Waals surface area contributed by atoms with Crippen molar-refractivity contribution in [3.8, 4) is 5.75 Å². The van der Waals surface area contributed by atoms with Gasteiger partial charge in [-0.3, -0.25) is 0 Å². The number of aldehydes is 1. The van der Waals surface area contributed by atoms with Gasteiger partial charge in [-0.1, -0.05) is 18.5 Å². The topological polar surface area (TPSA) is 26.3 Å². The zero-order chi connectivity index (χ0) is 11.4. The Labute approximate surface area is 93.0 Å². The minimum atomic E-state index is -0.398. The fourth-order valence-corrected chi connectivity index (χ4v) is 1.60. The molecular weight excluding hydrogens is 219 g/mol. The smallest absolute Gasteiger partial charge is 0.140 e. The van der Waals surface area contributed by atoms with Crippen LogP contribution in [0.5, 0.6) is 5.75 Å². The highest BCUT2D eigenvalue weighted by atomic mass is 35.5. The molecule has 4 heteroatoms. The van der Waals surface area contributed by atoms with E-state index >= 15 is 0 Å². The number of ether oxygens (including phenoxy) is 1. The molecular formula is C11H12ClFO2. The molecule has 0 radical (unpaired) electrons. The zero-order valence-corrected chi connectivity index (χ0v) is 9.34. The maximum atomic E-state index is 13.5. The van der Waals surface area contributed by atoms with E-state index in [1.807, 2.05) is 0 Å². The fraction of sp³-hybridized carbons (Fsp3) is 0.364. The van der Waals surface area contributed by atoms with Crippen molar-refractivity contribution >= 4 is 17.9 Å². The van der Waals surface area contributed by atoms with Crippen LogP contribution in [0.2, 0.25) is 5.02 Å². The summed E-state index contributed by atoms with van der Waals surface area (Å²) in [5.41, 5.74) is 0.438. The van der Waals surface area contributed by atoms with E-state index in [9.17, 15) is 9.18 Å². The Morgan fingerprint density at radius 1 is 1.60 bits per heavy atom. The maximum Gasteiger partial charge on any atom is 0.140 e. The molecule has 1 rings (SSSR count). The molecule has 0 aromatic heterocycles. The second-order valence-corrected chi connectivity index (χ2v) is 3.72. The van der Waals surface area contributed by atoms with Crippen molar-refractivity contribution in [3.63, 3.8) is 0 Å². The lowest BCUT2D eigenvalue weighted by atomic mass is 9.98. The normalized spacial score (nSPS) is 12.3. The Hall–Kier alpha value is -1.09. The van der Waals surface area contributed by atoms with Gasteiger partial charge in [0.1, 0.15) is 17.9 Å². The van der Waals surface area contributed by atoms with Crippen molar-refractivity contribution in [2.24, 2.45) is 0 Å². The van der Waals surface area contributed by atoms with Gasteiger partial charge in [0, 0.05) is 12.5 Å². The van der Waals surface area contributed by atoms with Gasteiger partial charge in [0.2, 0.25) is 0 Å². The van der Waals surface area contributed by atoms with Gasteiger partial charge in [-0.15, -0.1) is 0 Å². The third kappa shape index (κ3) is 2.69. The van der Waals surface area contributed by atoms with Gasteiger partial charge < -0.3 is 9.53 Å². The minimum Gasteiger partial charge on any atom is -0.495 e. The Bertz CT molecular complexity index is 366. The third-order valence-electron chi connectivity index (χ3n) is 2.25. The molecule has 0 amide bonds. The summed E-state index contributed by atoms with van der Waals surface area (Å²) < 4.78 is 18.4. The number of carbonyl (C=O) groups is 1. The molecule has 0 saturated heterocycles. The van der Waals surface area contributed by atoms with Crippen LogP contribution < -0.4 is 4.74 Å². The number of rotatable bonds is 4. The number of methoxy groups -OCH3 is 1. The van der Waals surface area contributed by atoms with E-state index in [1.165, 1.54) is 19.2 Å². The predicted molar refractivity (Wildman–Crippen MR) is 57.1 cm³/mol. The number of carbonyl (C=O) groups excluding carboxylic acids is 1. The molecule has 2 nitrogen and oxygen atoms in total. The van der Waals surface area contributed by atoms with E-state index in [2.05, 4.69) is 0 Å². The van der Waals surface area contributed by atoms with Gasteiger partial charge in [-0.05, 0) is 17.5 Å². The molecule has 15 heavy (non-hydrogen) atoms. The molecule has 0 N–H and O–H groups in total. The zero-order valence-electron chi connectivity index (χ0n) is 8.59. The largest absolute Gasteiger partial charge is 0.495 e. The molecule has 1 atom stereocenters. The van der Waals surface area contributed by atoms with Crippen molar-refractivity contribution in [2.75, 3.05) is 7.11 Å². The Morgan fingerprint density at radius 3 is 2.80 bits per heavy atom. The molecule has 0 aliphatic heterocycles. The first-order valence-electron chi connectivity index (χ1n) is 4.56. The van der Waals surface area contributed by atoms with Gasteiger partial charge >= 0.3 is 0 Å². The van der Waals surface area contributed by atoms with Crippen LogP contribution in [0.4, 0.5) is 4.39 Å². The van der Waals surface area contributed by atoms with E-state index in [-0.39, 0.29) is 12.3 Å². The van der Waals surface area contributed by atoms with Crippen molar-refractivity contribution in [3.05, 3.63) is 28.5 Å². The first kappa shape index (κ1) is 12.0. The monoisotopic (exact) mass is 230 g/mol. The van der Waals surface area contributed by atoms with Crippen LogP contribution in [0.25, 0.3) is 0 Å². The van der Waals surface area contributed by atoms with Crippen molar-refractivity contribution in [1.29, 1.82) is 0 Å². The second-order valence-electron chi connectivity index (χ2n) is 3.31. The van der Waals surface area contributed by atoms with Gasteiger partial charge in [-0.2, -0.15) is 0 Å². The van der Waals surface area contributed by atoms with Crippen LogP contribution in [0, 0.1) is 5.82 Å². The summed E-state index contributed by atoms with van der Waals surface area (Å²) in [6, 6.07) is 2.74. The second kappa shape index (κ2) is 5.12. The molecule has 82 valence electrons. The van der Waals surface area contributed by atoms with Crippen LogP contribution in [0.1, 0.15) is 24.8 Å². The molecule has 0 bridgehead atoms. The predicted octanol–water partition coefficient (Wildman–Crippen LogP) is 3.18. The summed E-state index contributed by atoms with van der Waals surface area (Å²) >= 11 is 5.87. The van der Waals surface area contributed by atoms with Gasteiger partial charge in [0.25, 0.3) is 0 Å². The van der Waals surface area contributed by atoms with Crippen molar-refractivity contribution in [2.45, 2.75) is 19.3 Å². The average Bonchev–Trinajstić information content (AvgIpc) is 2.21. The lowest BCUT2D eigenvalue weighted by Crippen LogP contribution is -1.99.